The van der Waals surface area contributed by atoms with E-state index in [1.807, 2.05) is 0 Å². The quantitative estimate of drug-likeness (QED) is 0.633. The zero-order chi connectivity index (χ0) is 9.90. The van der Waals surface area contributed by atoms with Crippen LogP contribution in [0.15, 0.2) is 0 Å². The molecule has 0 radical (unpaired) electrons. The van der Waals surface area contributed by atoms with E-state index in [0.29, 0.717) is 6.42 Å². The summed E-state index contributed by atoms with van der Waals surface area (Å²) in [7, 11) is -2.50. The Bertz CT molecular complexity index is 207. The largest absolute Gasteiger partial charge is 0.391 e. The lowest BCUT2D eigenvalue weighted by Crippen LogP contribution is -2.12. The maximum absolute atomic E-state index is 10.9. The summed E-state index contributed by atoms with van der Waals surface area (Å²) in [5, 5.41) is 9.02. The predicted molar refractivity (Wildman–Crippen MR) is 43.2 cm³/mol. The molecule has 1 heterocycles. The van der Waals surface area contributed by atoms with Crippen LogP contribution in [-0.4, -0.2) is 42.5 Å². The van der Waals surface area contributed by atoms with E-state index in [-0.39, 0.29) is 6.61 Å². The highest BCUT2D eigenvalue weighted by molar-refractivity contribution is 7.52. The second kappa shape index (κ2) is 4.50. The Morgan fingerprint density at radius 1 is 1.69 bits per heavy atom. The van der Waals surface area contributed by atoms with Crippen LogP contribution in [0.25, 0.3) is 0 Å². The molecule has 13 heavy (non-hydrogen) atoms. The summed E-state index contributed by atoms with van der Waals surface area (Å²) in [6.45, 7) is 0.202. The molecule has 0 aromatic rings. The molecule has 0 saturated carbocycles. The second-order valence-electron chi connectivity index (χ2n) is 2.77. The highest BCUT2D eigenvalue weighted by Crippen LogP contribution is 2.41. The third-order valence-corrected chi connectivity index (χ3v) is 2.69. The Kier molecular flexibility index (Phi) is 3.85. The molecule has 1 aliphatic heterocycles. The van der Waals surface area contributed by atoms with E-state index in [1.165, 1.54) is 0 Å². The van der Waals surface area contributed by atoms with E-state index in [4.69, 9.17) is 19.5 Å². The van der Waals surface area contributed by atoms with E-state index in [0.717, 1.165) is 7.11 Å². The van der Waals surface area contributed by atoms with Gasteiger partial charge in [-0.2, -0.15) is 0 Å². The fourth-order valence-electron chi connectivity index (χ4n) is 0.923. The van der Waals surface area contributed by atoms with Crippen LogP contribution in [0, 0.1) is 0 Å². The first kappa shape index (κ1) is 11.1. The summed E-state index contributed by atoms with van der Waals surface area (Å²) in [4.78, 5) is 8.94. The van der Waals surface area contributed by atoms with Gasteiger partial charge in [0.05, 0.1) is 12.7 Å². The average molecular weight is 212 g/mol. The molecule has 6 nitrogen and oxygen atoms in total. The number of ether oxygens (including phenoxy) is 2. The maximum Gasteiger partial charge on any atom is 0.353 e. The van der Waals surface area contributed by atoms with Gasteiger partial charge in [-0.1, -0.05) is 0 Å². The summed E-state index contributed by atoms with van der Waals surface area (Å²) < 4.78 is 25.1. The number of hydrogen-bond acceptors (Lipinski definition) is 5. The lowest BCUT2D eigenvalue weighted by Gasteiger charge is -2.13. The molecule has 3 atom stereocenters. The highest BCUT2D eigenvalue weighted by atomic mass is 31.2. The van der Waals surface area contributed by atoms with Crippen molar-refractivity contribution in [2.45, 2.75) is 18.8 Å². The Balaban J connectivity index is 2.23. The van der Waals surface area contributed by atoms with E-state index in [1.54, 1.807) is 0 Å². The minimum Gasteiger partial charge on any atom is -0.391 e. The van der Waals surface area contributed by atoms with Gasteiger partial charge >= 0.3 is 7.60 Å². The van der Waals surface area contributed by atoms with Crippen molar-refractivity contribution >= 4 is 7.60 Å². The molecule has 1 saturated heterocycles. The first-order valence-electron chi connectivity index (χ1n) is 3.82. The summed E-state index contributed by atoms with van der Waals surface area (Å²) in [6.07, 6.45) is -1.25. The Labute approximate surface area is 76.0 Å². The van der Waals surface area contributed by atoms with Crippen LogP contribution in [0.3, 0.4) is 0 Å². The van der Waals surface area contributed by atoms with Gasteiger partial charge in [0.25, 0.3) is 0 Å². The first-order valence-corrected chi connectivity index (χ1v) is 5.58. The lowest BCUT2D eigenvalue weighted by molar-refractivity contribution is -0.0992. The normalized spacial score (nSPS) is 33.2. The molecule has 2 unspecified atom stereocenters. The molecule has 1 rings (SSSR count). The third-order valence-electron chi connectivity index (χ3n) is 1.65. The first-order chi connectivity index (χ1) is 6.03. The molecular formula is C6H13O6P. The van der Waals surface area contributed by atoms with Gasteiger partial charge < -0.3 is 24.0 Å². The van der Waals surface area contributed by atoms with Crippen LogP contribution in [-0.2, 0) is 18.6 Å². The monoisotopic (exact) mass is 212 g/mol. The smallest absolute Gasteiger partial charge is 0.353 e. The van der Waals surface area contributed by atoms with E-state index >= 15 is 0 Å². The summed E-state index contributed by atoms with van der Waals surface area (Å²) in [5.41, 5.74) is 0. The van der Waals surface area contributed by atoms with Crippen molar-refractivity contribution in [3.05, 3.63) is 0 Å². The molecule has 0 amide bonds. The van der Waals surface area contributed by atoms with Crippen LogP contribution in [0.5, 0.6) is 0 Å². The fourth-order valence-corrected chi connectivity index (χ4v) is 1.38. The van der Waals surface area contributed by atoms with E-state index in [9.17, 15) is 4.57 Å². The maximum atomic E-state index is 10.9. The molecule has 0 aromatic carbocycles. The van der Waals surface area contributed by atoms with Gasteiger partial charge in [0.2, 0.25) is 0 Å². The van der Waals surface area contributed by atoms with Gasteiger partial charge in [0.1, 0.15) is 0 Å². The summed E-state index contributed by atoms with van der Waals surface area (Å²) >= 11 is 0. The zero-order valence-electron chi connectivity index (χ0n) is 7.25. The Morgan fingerprint density at radius 2 is 2.38 bits per heavy atom. The molecule has 0 spiro atoms. The van der Waals surface area contributed by atoms with Crippen molar-refractivity contribution in [3.8, 4) is 0 Å². The van der Waals surface area contributed by atoms with Crippen molar-refractivity contribution < 1.29 is 28.6 Å². The Morgan fingerprint density at radius 3 is 2.85 bits per heavy atom. The fraction of sp³-hybridized carbons (Fsp3) is 1.00. The van der Waals surface area contributed by atoms with Crippen molar-refractivity contribution in [1.29, 1.82) is 0 Å². The molecule has 78 valence electrons. The van der Waals surface area contributed by atoms with Crippen LogP contribution < -0.4 is 0 Å². The Hall–Kier alpha value is 0.0300. The van der Waals surface area contributed by atoms with Gasteiger partial charge in [0, 0.05) is 13.5 Å². The van der Waals surface area contributed by atoms with Gasteiger partial charge in [-0.25, -0.2) is 0 Å². The second-order valence-corrected chi connectivity index (χ2v) is 4.67. The minimum atomic E-state index is -3.63. The van der Waals surface area contributed by atoms with Crippen molar-refractivity contribution in [2.75, 3.05) is 20.1 Å². The molecule has 0 aliphatic carbocycles. The standard InChI is InChI=1S/C6H13O6P/c1-10-13(8,9)4-12-6-2-5(7)3-11-6/h5-7H,2-4H2,1H3,(H,8,9)/t5-,6?/m0/s1. The molecule has 0 aromatic heterocycles. The van der Waals surface area contributed by atoms with Crippen LogP contribution in [0.2, 0.25) is 0 Å². The van der Waals surface area contributed by atoms with Gasteiger partial charge in [-0.15, -0.1) is 0 Å². The molecule has 1 fully saturated rings. The van der Waals surface area contributed by atoms with Crippen LogP contribution in [0.4, 0.5) is 0 Å². The van der Waals surface area contributed by atoms with Gasteiger partial charge in [0.15, 0.2) is 12.6 Å². The topological polar surface area (TPSA) is 85.2 Å². The van der Waals surface area contributed by atoms with E-state index in [2.05, 4.69) is 4.52 Å². The summed E-state index contributed by atoms with van der Waals surface area (Å²) in [5.74, 6) is 0. The molecule has 7 heteroatoms. The molecule has 0 bridgehead atoms. The highest BCUT2D eigenvalue weighted by Gasteiger charge is 2.27. The minimum absolute atomic E-state index is 0.202. The van der Waals surface area contributed by atoms with Crippen molar-refractivity contribution in [2.24, 2.45) is 0 Å². The number of hydrogen-bond donors (Lipinski definition) is 2. The van der Waals surface area contributed by atoms with Gasteiger partial charge in [-0.3, -0.25) is 4.57 Å². The molecular weight excluding hydrogens is 199 g/mol. The van der Waals surface area contributed by atoms with Crippen LogP contribution in [0.1, 0.15) is 6.42 Å². The number of aliphatic hydroxyl groups excluding tert-OH is 1. The zero-order valence-corrected chi connectivity index (χ0v) is 8.15. The van der Waals surface area contributed by atoms with Crippen LogP contribution >= 0.6 is 7.60 Å². The molecule has 1 aliphatic rings. The predicted octanol–water partition coefficient (Wildman–Crippen LogP) is -0.100. The number of aliphatic hydroxyl groups is 1. The van der Waals surface area contributed by atoms with E-state index < -0.39 is 26.3 Å². The van der Waals surface area contributed by atoms with Crippen molar-refractivity contribution in [3.63, 3.8) is 0 Å². The molecule has 2 N–H and O–H groups in total. The van der Waals surface area contributed by atoms with Gasteiger partial charge in [-0.05, 0) is 0 Å². The summed E-state index contributed by atoms with van der Waals surface area (Å²) in [6, 6.07) is 0. The SMILES string of the molecule is COP(=O)(O)COC1C[C@H](O)CO1. The lowest BCUT2D eigenvalue weighted by atomic mass is 10.3. The third kappa shape index (κ3) is 3.72. The average Bonchev–Trinajstić information content (AvgIpc) is 2.48. The van der Waals surface area contributed by atoms with Crippen molar-refractivity contribution in [1.82, 2.24) is 0 Å². The number of rotatable bonds is 4.